The van der Waals surface area contributed by atoms with E-state index in [1.807, 2.05) is 30.0 Å². The molecule has 2 saturated heterocycles. The highest BCUT2D eigenvalue weighted by molar-refractivity contribution is 7.80. The van der Waals surface area contributed by atoms with Gasteiger partial charge in [0, 0.05) is 37.4 Å². The molecule has 1 unspecified atom stereocenters. The first kappa shape index (κ1) is 25.1. The highest BCUT2D eigenvalue weighted by Crippen LogP contribution is 2.25. The van der Waals surface area contributed by atoms with Crippen LogP contribution in [-0.2, 0) is 4.79 Å². The first-order valence-corrected chi connectivity index (χ1v) is 12.8. The van der Waals surface area contributed by atoms with Gasteiger partial charge in [0.05, 0.1) is 0 Å². The summed E-state index contributed by atoms with van der Waals surface area (Å²) in [4.78, 5) is 30.7. The van der Waals surface area contributed by atoms with E-state index < -0.39 is 6.04 Å². The van der Waals surface area contributed by atoms with Gasteiger partial charge in [-0.1, -0.05) is 18.2 Å². The van der Waals surface area contributed by atoms with Gasteiger partial charge in [0.1, 0.15) is 11.9 Å². The largest absolute Gasteiger partial charge is 0.349 e. The molecule has 1 atom stereocenters. The average Bonchev–Trinajstić information content (AvgIpc) is 2.89. The fraction of sp³-hybridized carbons (Fsp3) is 0.444. The van der Waals surface area contributed by atoms with Crippen LogP contribution in [0.4, 0.5) is 10.1 Å². The normalized spacial score (nSPS) is 17.5. The van der Waals surface area contributed by atoms with Crippen molar-refractivity contribution in [3.05, 3.63) is 65.5 Å². The van der Waals surface area contributed by atoms with Crippen molar-refractivity contribution in [2.24, 2.45) is 5.92 Å². The molecule has 186 valence electrons. The lowest BCUT2D eigenvalue weighted by Crippen LogP contribution is -2.55. The number of nitrogens with zero attached hydrogens (tertiary/aromatic N) is 2. The van der Waals surface area contributed by atoms with Crippen LogP contribution in [-0.4, -0.2) is 58.9 Å². The number of aryl methyl sites for hydroxylation is 1. The Morgan fingerprint density at radius 2 is 1.60 bits per heavy atom. The molecular formula is C27H33FN4O2S. The van der Waals surface area contributed by atoms with Crippen LogP contribution in [0, 0.1) is 18.7 Å². The van der Waals surface area contributed by atoms with Gasteiger partial charge < -0.3 is 20.4 Å². The van der Waals surface area contributed by atoms with Gasteiger partial charge in [0.2, 0.25) is 5.91 Å². The lowest BCUT2D eigenvalue weighted by atomic mass is 9.87. The summed E-state index contributed by atoms with van der Waals surface area (Å²) in [5.41, 5.74) is 2.23. The standard InChI is InChI=1S/C27H33FN4O2S/c1-19-7-3-4-8-23(19)25(33)30-24(26(34)31-15-5-2-6-16-31)20-13-17-32(18-14-20)27(35)29-22-11-9-21(28)10-12-22/h3-4,7-12,20,24H,2,5-6,13-18H2,1H3,(H,29,35)(H,30,33). The predicted octanol–water partition coefficient (Wildman–Crippen LogP) is 4.35. The first-order chi connectivity index (χ1) is 16.9. The Hall–Kier alpha value is -3.00. The number of piperidine rings is 2. The summed E-state index contributed by atoms with van der Waals surface area (Å²) in [7, 11) is 0. The number of anilines is 1. The number of halogens is 1. The third-order valence-electron chi connectivity index (χ3n) is 7.00. The molecule has 2 amide bonds. The zero-order valence-electron chi connectivity index (χ0n) is 20.1. The van der Waals surface area contributed by atoms with Gasteiger partial charge in [0.25, 0.3) is 5.91 Å². The monoisotopic (exact) mass is 496 g/mol. The average molecular weight is 497 g/mol. The van der Waals surface area contributed by atoms with E-state index in [2.05, 4.69) is 15.5 Å². The van der Waals surface area contributed by atoms with Gasteiger partial charge in [-0.2, -0.15) is 0 Å². The van der Waals surface area contributed by atoms with Crippen molar-refractivity contribution in [1.82, 2.24) is 15.1 Å². The van der Waals surface area contributed by atoms with Crippen molar-refractivity contribution < 1.29 is 14.0 Å². The fourth-order valence-corrected chi connectivity index (χ4v) is 5.21. The minimum atomic E-state index is -0.555. The third kappa shape index (κ3) is 6.36. The van der Waals surface area contributed by atoms with Crippen LogP contribution in [0.25, 0.3) is 0 Å². The summed E-state index contributed by atoms with van der Waals surface area (Å²) < 4.78 is 13.2. The molecule has 0 bridgehead atoms. The van der Waals surface area contributed by atoms with E-state index in [0.717, 1.165) is 56.4 Å². The van der Waals surface area contributed by atoms with Gasteiger partial charge in [-0.3, -0.25) is 9.59 Å². The zero-order valence-corrected chi connectivity index (χ0v) is 21.0. The number of likely N-dealkylation sites (tertiary alicyclic amines) is 2. The number of hydrogen-bond donors (Lipinski definition) is 2. The molecular weight excluding hydrogens is 463 g/mol. The molecule has 0 aromatic heterocycles. The summed E-state index contributed by atoms with van der Waals surface area (Å²) in [6, 6.07) is 13.0. The number of carbonyl (C=O) groups excluding carboxylic acids is 2. The third-order valence-corrected chi connectivity index (χ3v) is 7.36. The molecule has 6 nitrogen and oxygen atoms in total. The second-order valence-corrected chi connectivity index (χ2v) is 9.80. The van der Waals surface area contributed by atoms with Crippen LogP contribution in [0.3, 0.4) is 0 Å². The summed E-state index contributed by atoms with van der Waals surface area (Å²) in [5, 5.41) is 6.84. The summed E-state index contributed by atoms with van der Waals surface area (Å²) in [6.07, 6.45) is 4.63. The van der Waals surface area contributed by atoms with Crippen LogP contribution >= 0.6 is 12.2 Å². The number of carbonyl (C=O) groups is 2. The van der Waals surface area contributed by atoms with Gasteiger partial charge in [-0.05, 0) is 93.1 Å². The van der Waals surface area contributed by atoms with E-state index in [1.54, 1.807) is 18.2 Å². The van der Waals surface area contributed by atoms with Crippen LogP contribution in [0.1, 0.15) is 48.0 Å². The van der Waals surface area contributed by atoms with E-state index in [0.29, 0.717) is 23.8 Å². The number of rotatable bonds is 5. The fourth-order valence-electron chi connectivity index (χ4n) is 4.91. The second-order valence-electron chi connectivity index (χ2n) is 9.41. The summed E-state index contributed by atoms with van der Waals surface area (Å²) in [5.74, 6) is -0.437. The van der Waals surface area contributed by atoms with Crippen LogP contribution in [0.5, 0.6) is 0 Å². The molecule has 2 aliphatic rings. The molecule has 35 heavy (non-hydrogen) atoms. The van der Waals surface area contributed by atoms with Crippen molar-refractivity contribution in [1.29, 1.82) is 0 Å². The lowest BCUT2D eigenvalue weighted by molar-refractivity contribution is -0.136. The highest BCUT2D eigenvalue weighted by Gasteiger charge is 2.36. The van der Waals surface area contributed by atoms with Crippen LogP contribution in [0.2, 0.25) is 0 Å². The minimum absolute atomic E-state index is 0.0251. The van der Waals surface area contributed by atoms with E-state index in [9.17, 15) is 14.0 Å². The maximum Gasteiger partial charge on any atom is 0.252 e. The maximum atomic E-state index is 13.6. The molecule has 4 rings (SSSR count). The predicted molar refractivity (Wildman–Crippen MR) is 140 cm³/mol. The smallest absolute Gasteiger partial charge is 0.252 e. The summed E-state index contributed by atoms with van der Waals surface area (Å²) in [6.45, 7) is 4.77. The number of amides is 2. The Morgan fingerprint density at radius 1 is 0.943 bits per heavy atom. The molecule has 2 aliphatic heterocycles. The molecule has 2 fully saturated rings. The van der Waals surface area contributed by atoms with Crippen molar-refractivity contribution in [3.63, 3.8) is 0 Å². The molecule has 8 heteroatoms. The SMILES string of the molecule is Cc1ccccc1C(=O)NC(C(=O)N1CCCCC1)C1CCN(C(=S)Nc2ccc(F)cc2)CC1. The van der Waals surface area contributed by atoms with Gasteiger partial charge in [-0.15, -0.1) is 0 Å². The molecule has 0 spiro atoms. The Bertz CT molecular complexity index is 1050. The topological polar surface area (TPSA) is 64.7 Å². The van der Waals surface area contributed by atoms with E-state index >= 15 is 0 Å². The lowest BCUT2D eigenvalue weighted by Gasteiger charge is -2.39. The van der Waals surface area contributed by atoms with Gasteiger partial charge >= 0.3 is 0 Å². The van der Waals surface area contributed by atoms with Crippen molar-refractivity contribution in [2.45, 2.75) is 45.1 Å². The van der Waals surface area contributed by atoms with Gasteiger partial charge in [0.15, 0.2) is 5.11 Å². The number of nitrogens with one attached hydrogen (secondary N) is 2. The van der Waals surface area contributed by atoms with Crippen molar-refractivity contribution in [2.75, 3.05) is 31.5 Å². The maximum absolute atomic E-state index is 13.6. The summed E-state index contributed by atoms with van der Waals surface area (Å²) >= 11 is 5.57. The highest BCUT2D eigenvalue weighted by atomic mass is 32.1. The molecule has 2 aromatic carbocycles. The number of thiocarbonyl (C=S) groups is 1. The van der Waals surface area contributed by atoms with Crippen molar-refractivity contribution in [3.8, 4) is 0 Å². The molecule has 2 heterocycles. The Morgan fingerprint density at radius 3 is 2.26 bits per heavy atom. The minimum Gasteiger partial charge on any atom is -0.349 e. The molecule has 2 N–H and O–H groups in total. The molecule has 0 saturated carbocycles. The van der Waals surface area contributed by atoms with Crippen LogP contribution in [0.15, 0.2) is 48.5 Å². The zero-order chi connectivity index (χ0) is 24.8. The number of hydrogen-bond acceptors (Lipinski definition) is 3. The Labute approximate surface area is 211 Å². The molecule has 2 aromatic rings. The van der Waals surface area contributed by atoms with Crippen LogP contribution < -0.4 is 10.6 Å². The van der Waals surface area contributed by atoms with Gasteiger partial charge in [-0.25, -0.2) is 4.39 Å². The second kappa shape index (κ2) is 11.6. The molecule has 0 radical (unpaired) electrons. The van der Waals surface area contributed by atoms with E-state index in [4.69, 9.17) is 12.2 Å². The quantitative estimate of drug-likeness (QED) is 0.603. The Kier molecular flexibility index (Phi) is 8.33. The van der Waals surface area contributed by atoms with Crippen molar-refractivity contribution >= 4 is 34.8 Å². The number of benzene rings is 2. The van der Waals surface area contributed by atoms with E-state index in [1.165, 1.54) is 12.1 Å². The Balaban J connectivity index is 1.42. The first-order valence-electron chi connectivity index (χ1n) is 12.4. The van der Waals surface area contributed by atoms with E-state index in [-0.39, 0.29) is 23.5 Å². The molecule has 0 aliphatic carbocycles.